The van der Waals surface area contributed by atoms with Crippen LogP contribution in [0, 0.1) is 0 Å². The molecule has 102 valence electrons. The maximum Gasteiger partial charge on any atom is 0.00328 e. The molecule has 5 rings (SSSR count). The van der Waals surface area contributed by atoms with E-state index in [-0.39, 0.29) is 0 Å². The Hall–Kier alpha value is -1.30. The van der Waals surface area contributed by atoms with Gasteiger partial charge in [0, 0.05) is 23.7 Å². The highest BCUT2D eigenvalue weighted by molar-refractivity contribution is 5.66. The van der Waals surface area contributed by atoms with Crippen molar-refractivity contribution in [1.82, 2.24) is 0 Å². The number of allylic oxidation sites excluding steroid dienone is 4. The van der Waals surface area contributed by atoms with Gasteiger partial charge in [-0.15, -0.1) is 0 Å². The van der Waals surface area contributed by atoms with E-state index in [4.69, 9.17) is 0 Å². The van der Waals surface area contributed by atoms with Crippen molar-refractivity contribution in [1.29, 1.82) is 0 Å². The third-order valence-electron chi connectivity index (χ3n) is 6.24. The predicted octanol–water partition coefficient (Wildman–Crippen LogP) is 5.09. The average Bonchev–Trinajstić information content (AvgIpc) is 3.23. The highest BCUT2D eigenvalue weighted by atomic mass is 14.5. The lowest BCUT2D eigenvalue weighted by atomic mass is 9.77. The fraction of sp³-hybridized carbons (Fsp3) is 0.500. The van der Waals surface area contributed by atoms with Gasteiger partial charge in [-0.2, -0.15) is 0 Å². The second kappa shape index (κ2) is 3.67. The van der Waals surface area contributed by atoms with Crippen LogP contribution < -0.4 is 0 Å². The van der Waals surface area contributed by atoms with Gasteiger partial charge in [0.25, 0.3) is 0 Å². The molecule has 0 saturated heterocycles. The van der Waals surface area contributed by atoms with E-state index in [0.717, 1.165) is 23.7 Å². The molecule has 4 aliphatic rings. The van der Waals surface area contributed by atoms with Crippen LogP contribution in [0.25, 0.3) is 0 Å². The maximum absolute atomic E-state index is 2.49. The SMILES string of the molecule is CCc1c2c(c(CC)c3c1C1C=CC3C1)C1C=CC2C1. The van der Waals surface area contributed by atoms with Gasteiger partial charge in [0.05, 0.1) is 0 Å². The van der Waals surface area contributed by atoms with Gasteiger partial charge in [-0.25, -0.2) is 0 Å². The molecule has 0 aromatic heterocycles. The van der Waals surface area contributed by atoms with Gasteiger partial charge >= 0.3 is 0 Å². The van der Waals surface area contributed by atoms with Crippen molar-refractivity contribution in [3.63, 3.8) is 0 Å². The van der Waals surface area contributed by atoms with Gasteiger partial charge < -0.3 is 0 Å². The molecule has 0 heterocycles. The summed E-state index contributed by atoms with van der Waals surface area (Å²) >= 11 is 0. The average molecular weight is 262 g/mol. The number of fused-ring (bicyclic) bond motifs is 10. The molecule has 1 aromatic rings. The van der Waals surface area contributed by atoms with E-state index in [1.54, 1.807) is 33.4 Å². The molecular formula is C20H22. The molecule has 4 atom stereocenters. The number of benzene rings is 1. The first-order valence-electron chi connectivity index (χ1n) is 8.41. The van der Waals surface area contributed by atoms with E-state index in [2.05, 4.69) is 38.2 Å². The highest BCUT2D eigenvalue weighted by Gasteiger charge is 2.43. The fourth-order valence-corrected chi connectivity index (χ4v) is 5.65. The summed E-state index contributed by atoms with van der Waals surface area (Å²) in [7, 11) is 0. The van der Waals surface area contributed by atoms with Crippen molar-refractivity contribution < 1.29 is 0 Å². The fourth-order valence-electron chi connectivity index (χ4n) is 5.65. The molecule has 0 spiro atoms. The van der Waals surface area contributed by atoms with E-state index >= 15 is 0 Å². The molecule has 0 amide bonds. The van der Waals surface area contributed by atoms with Crippen LogP contribution in [-0.4, -0.2) is 0 Å². The van der Waals surface area contributed by atoms with Gasteiger partial charge in [0.2, 0.25) is 0 Å². The maximum atomic E-state index is 2.49. The van der Waals surface area contributed by atoms with Crippen molar-refractivity contribution in [3.8, 4) is 0 Å². The van der Waals surface area contributed by atoms with E-state index in [1.807, 2.05) is 0 Å². The first-order chi connectivity index (χ1) is 9.83. The van der Waals surface area contributed by atoms with Crippen LogP contribution in [0.4, 0.5) is 0 Å². The lowest BCUT2D eigenvalue weighted by Gasteiger charge is -2.27. The van der Waals surface area contributed by atoms with Gasteiger partial charge in [-0.3, -0.25) is 0 Å². The van der Waals surface area contributed by atoms with Gasteiger partial charge in [0.1, 0.15) is 0 Å². The summed E-state index contributed by atoms with van der Waals surface area (Å²) in [6.45, 7) is 4.74. The lowest BCUT2D eigenvalue weighted by molar-refractivity contribution is 0.779. The quantitative estimate of drug-likeness (QED) is 0.651. The Kier molecular flexibility index (Phi) is 2.08. The summed E-state index contributed by atoms with van der Waals surface area (Å²) in [6.07, 6.45) is 15.1. The minimum atomic E-state index is 0.739. The van der Waals surface area contributed by atoms with Crippen molar-refractivity contribution >= 4 is 0 Å². The Morgan fingerprint density at radius 3 is 1.20 bits per heavy atom. The molecule has 0 saturated carbocycles. The van der Waals surface area contributed by atoms with Gasteiger partial charge in [-0.1, -0.05) is 38.2 Å². The Bertz CT molecular complexity index is 566. The van der Waals surface area contributed by atoms with E-state index in [1.165, 1.54) is 25.7 Å². The minimum Gasteiger partial charge on any atom is -0.0803 e. The van der Waals surface area contributed by atoms with Crippen molar-refractivity contribution in [2.24, 2.45) is 0 Å². The van der Waals surface area contributed by atoms with Crippen molar-refractivity contribution in [3.05, 3.63) is 57.7 Å². The molecule has 4 bridgehead atoms. The number of hydrogen-bond acceptors (Lipinski definition) is 0. The summed E-state index contributed by atoms with van der Waals surface area (Å²) in [5.74, 6) is 2.96. The summed E-state index contributed by atoms with van der Waals surface area (Å²) in [6, 6.07) is 0. The number of hydrogen-bond donors (Lipinski definition) is 0. The van der Waals surface area contributed by atoms with Crippen LogP contribution in [0.1, 0.15) is 83.7 Å². The van der Waals surface area contributed by atoms with Crippen LogP contribution in [0.15, 0.2) is 24.3 Å². The first kappa shape index (κ1) is 11.4. The molecule has 4 unspecified atom stereocenters. The van der Waals surface area contributed by atoms with Gasteiger partial charge in [-0.05, 0) is 59.1 Å². The molecule has 0 nitrogen and oxygen atoms in total. The second-order valence-corrected chi connectivity index (χ2v) is 6.99. The van der Waals surface area contributed by atoms with Crippen LogP contribution in [0.5, 0.6) is 0 Å². The highest BCUT2D eigenvalue weighted by Crippen LogP contribution is 2.59. The standard InChI is InChI=1S/C20H22/c1-3-15-17-11-5-7-13(9-11)19(17)16(4-2)20-14-8-6-12(10-14)18(15)20/h5-8,11-14H,3-4,9-10H2,1-2H3. The number of rotatable bonds is 2. The van der Waals surface area contributed by atoms with Crippen LogP contribution in [0.2, 0.25) is 0 Å². The van der Waals surface area contributed by atoms with E-state index in [0.29, 0.717) is 0 Å². The predicted molar refractivity (Wildman–Crippen MR) is 83.7 cm³/mol. The molecule has 20 heavy (non-hydrogen) atoms. The summed E-state index contributed by atoms with van der Waals surface area (Å²) in [4.78, 5) is 0. The monoisotopic (exact) mass is 262 g/mol. The van der Waals surface area contributed by atoms with Crippen molar-refractivity contribution in [2.45, 2.75) is 63.2 Å². The largest absolute Gasteiger partial charge is 0.0803 e. The third kappa shape index (κ3) is 1.12. The first-order valence-corrected chi connectivity index (χ1v) is 8.41. The lowest BCUT2D eigenvalue weighted by Crippen LogP contribution is -2.12. The zero-order valence-corrected chi connectivity index (χ0v) is 12.4. The molecule has 4 aliphatic carbocycles. The van der Waals surface area contributed by atoms with Crippen LogP contribution in [0.3, 0.4) is 0 Å². The molecule has 0 aliphatic heterocycles. The van der Waals surface area contributed by atoms with Crippen molar-refractivity contribution in [2.75, 3.05) is 0 Å². The van der Waals surface area contributed by atoms with Crippen LogP contribution >= 0.6 is 0 Å². The molecule has 0 radical (unpaired) electrons. The van der Waals surface area contributed by atoms with E-state index < -0.39 is 0 Å². The Morgan fingerprint density at radius 2 is 0.950 bits per heavy atom. The molecule has 1 aromatic carbocycles. The molecule has 0 fully saturated rings. The zero-order chi connectivity index (χ0) is 13.4. The molecular weight excluding hydrogens is 240 g/mol. The Labute approximate surface area is 121 Å². The summed E-state index contributed by atoms with van der Waals surface area (Å²) in [5, 5.41) is 0. The second-order valence-electron chi connectivity index (χ2n) is 6.99. The minimum absolute atomic E-state index is 0.739. The van der Waals surface area contributed by atoms with Gasteiger partial charge in [0.15, 0.2) is 0 Å². The van der Waals surface area contributed by atoms with E-state index in [9.17, 15) is 0 Å². The summed E-state index contributed by atoms with van der Waals surface area (Å²) < 4.78 is 0. The Morgan fingerprint density at radius 1 is 0.650 bits per heavy atom. The topological polar surface area (TPSA) is 0 Å². The van der Waals surface area contributed by atoms with Crippen LogP contribution in [-0.2, 0) is 12.8 Å². The molecule has 0 N–H and O–H groups in total. The summed E-state index contributed by atoms with van der Waals surface area (Å²) in [5.41, 5.74) is 10.5. The zero-order valence-electron chi connectivity index (χ0n) is 12.4. The molecule has 0 heteroatoms. The smallest absolute Gasteiger partial charge is 0.00328 e. The Balaban J connectivity index is 1.89. The normalized spacial score (nSPS) is 34.1. The third-order valence-corrected chi connectivity index (χ3v) is 6.24.